The van der Waals surface area contributed by atoms with Crippen LogP contribution in [0.5, 0.6) is 0 Å². The molecule has 0 aliphatic rings. The Hall–Kier alpha value is -0.690. The zero-order chi connectivity index (χ0) is 13.7. The van der Waals surface area contributed by atoms with Crippen molar-refractivity contribution in [2.75, 3.05) is 6.61 Å². The summed E-state index contributed by atoms with van der Waals surface area (Å²) >= 11 is 1.31. The first-order valence-corrected chi connectivity index (χ1v) is 5.83. The lowest BCUT2D eigenvalue weighted by atomic mass is 10.3. The highest BCUT2D eigenvalue weighted by Crippen LogP contribution is 2.26. The van der Waals surface area contributed by atoms with Crippen molar-refractivity contribution in [3.63, 3.8) is 0 Å². The molecular weight excluding hydrogens is 266 g/mol. The smallest absolute Gasteiger partial charge is 0.133 e. The molecule has 18 heavy (non-hydrogen) atoms. The average molecular weight is 281 g/mol. The lowest BCUT2D eigenvalue weighted by Crippen LogP contribution is -2.16. The second-order valence-corrected chi connectivity index (χ2v) is 4.51. The maximum absolute atomic E-state index is 8.53. The molecule has 4 N–H and O–H groups in total. The fourth-order valence-electron chi connectivity index (χ4n) is 1.26. The van der Waals surface area contributed by atoms with E-state index in [1.54, 1.807) is 13.8 Å². The van der Waals surface area contributed by atoms with Crippen molar-refractivity contribution in [1.82, 2.24) is 15.8 Å². The van der Waals surface area contributed by atoms with Crippen LogP contribution < -0.4 is 0 Å². The summed E-state index contributed by atoms with van der Waals surface area (Å²) in [6.45, 7) is 3.48. The van der Waals surface area contributed by atoms with Gasteiger partial charge in [-0.25, -0.2) is 9.82 Å². The second-order valence-electron chi connectivity index (χ2n) is 3.40. The number of nitrogens with zero attached hydrogens (tertiary/aromatic N) is 3. The van der Waals surface area contributed by atoms with Crippen molar-refractivity contribution >= 4 is 11.3 Å². The molecule has 1 aromatic heterocycles. The molecule has 0 saturated carbocycles. The Bertz CT molecular complexity index is 372. The van der Waals surface area contributed by atoms with Crippen LogP contribution in [0.3, 0.4) is 0 Å². The van der Waals surface area contributed by atoms with Crippen molar-refractivity contribution in [2.24, 2.45) is 0 Å². The third kappa shape index (κ3) is 4.89. The van der Waals surface area contributed by atoms with Gasteiger partial charge in [-0.1, -0.05) is 0 Å². The molecule has 1 heterocycles. The Morgan fingerprint density at radius 2 is 1.94 bits per heavy atom. The van der Waals surface area contributed by atoms with Crippen LogP contribution in [0, 0.1) is 6.92 Å². The molecule has 1 atom stereocenters. The Morgan fingerprint density at radius 3 is 2.50 bits per heavy atom. The molecule has 0 aliphatic carbocycles. The van der Waals surface area contributed by atoms with E-state index in [0.717, 1.165) is 10.6 Å². The number of aryl methyl sites for hydroxylation is 1. The Labute approximate surface area is 107 Å². The second kappa shape index (κ2) is 7.04. The van der Waals surface area contributed by atoms with Crippen molar-refractivity contribution in [3.05, 3.63) is 15.6 Å². The Kier molecular flexibility index (Phi) is 6.01. The zero-order valence-corrected chi connectivity index (χ0v) is 10.7. The van der Waals surface area contributed by atoms with Gasteiger partial charge in [0.2, 0.25) is 0 Å². The molecule has 0 spiro atoms. The van der Waals surface area contributed by atoms with Gasteiger partial charge in [-0.15, -0.1) is 11.3 Å². The summed E-state index contributed by atoms with van der Waals surface area (Å²) < 4.78 is 0. The molecule has 0 saturated heterocycles. The fraction of sp³-hybridized carbons (Fsp3) is 0.625. The molecule has 9 nitrogen and oxygen atoms in total. The van der Waals surface area contributed by atoms with E-state index in [4.69, 9.17) is 20.8 Å². The standard InChI is InChI=1S/C8H15N3O6S/c1-5-7(3-4-16-10(12)13)18-8(9-5)6(2)17-11(14)15/h6,12-15H,3-4H2,1-2H3/t6-/m1/s1. The zero-order valence-electron chi connectivity index (χ0n) is 9.85. The van der Waals surface area contributed by atoms with E-state index in [-0.39, 0.29) is 17.4 Å². The number of aromatic nitrogens is 1. The van der Waals surface area contributed by atoms with Crippen molar-refractivity contribution in [2.45, 2.75) is 26.4 Å². The summed E-state index contributed by atoms with van der Waals surface area (Å²) in [7, 11) is 0. The summed E-state index contributed by atoms with van der Waals surface area (Å²) in [6.07, 6.45) is -0.166. The minimum Gasteiger partial charge on any atom is -0.266 e. The maximum atomic E-state index is 8.53. The minimum atomic E-state index is -0.606. The summed E-state index contributed by atoms with van der Waals surface area (Å²) in [6, 6.07) is 0. The molecule has 10 heteroatoms. The van der Waals surface area contributed by atoms with Crippen LogP contribution in [0.1, 0.15) is 28.6 Å². The van der Waals surface area contributed by atoms with Crippen LogP contribution in [0.25, 0.3) is 0 Å². The summed E-state index contributed by atoms with van der Waals surface area (Å²) in [5.41, 5.74) is 0.749. The maximum Gasteiger partial charge on any atom is 0.133 e. The van der Waals surface area contributed by atoms with Crippen molar-refractivity contribution in [3.8, 4) is 0 Å². The Morgan fingerprint density at radius 1 is 1.28 bits per heavy atom. The lowest BCUT2D eigenvalue weighted by Gasteiger charge is -2.11. The quantitative estimate of drug-likeness (QED) is 0.544. The molecule has 0 radical (unpaired) electrons. The van der Waals surface area contributed by atoms with Crippen LogP contribution in [-0.2, 0) is 16.1 Å². The Balaban J connectivity index is 2.58. The van der Waals surface area contributed by atoms with Gasteiger partial charge in [0, 0.05) is 11.3 Å². The summed E-state index contributed by atoms with van der Waals surface area (Å²) in [4.78, 5) is 14.2. The van der Waals surface area contributed by atoms with E-state index < -0.39 is 6.10 Å². The van der Waals surface area contributed by atoms with Gasteiger partial charge in [0.05, 0.1) is 23.1 Å². The van der Waals surface area contributed by atoms with E-state index in [1.807, 2.05) is 0 Å². The summed E-state index contributed by atoms with van der Waals surface area (Å²) in [5, 5.41) is 33.6. The SMILES string of the molecule is Cc1nc([C@@H](C)ON(O)O)sc1CCON(O)O. The summed E-state index contributed by atoms with van der Waals surface area (Å²) in [5.74, 6) is 0. The number of thiazole rings is 1. The minimum absolute atomic E-state index is 0.0802. The third-order valence-corrected chi connectivity index (χ3v) is 3.42. The van der Waals surface area contributed by atoms with E-state index in [2.05, 4.69) is 14.7 Å². The largest absolute Gasteiger partial charge is 0.266 e. The van der Waals surface area contributed by atoms with E-state index >= 15 is 0 Å². The topological polar surface area (TPSA) is 119 Å². The molecule has 1 rings (SSSR count). The molecule has 0 fully saturated rings. The van der Waals surface area contributed by atoms with Crippen LogP contribution in [0.2, 0.25) is 0 Å². The van der Waals surface area contributed by atoms with Gasteiger partial charge in [0.1, 0.15) is 11.1 Å². The predicted octanol–water partition coefficient (Wildman–Crippen LogP) is 1.08. The molecular formula is C8H15N3O6S. The van der Waals surface area contributed by atoms with Gasteiger partial charge in [-0.2, -0.15) is 0 Å². The van der Waals surface area contributed by atoms with Crippen molar-refractivity contribution < 1.29 is 30.5 Å². The first kappa shape index (κ1) is 15.4. The number of hydrogen-bond donors (Lipinski definition) is 4. The number of hydrogen-bond acceptors (Lipinski definition) is 10. The van der Waals surface area contributed by atoms with Crippen molar-refractivity contribution in [1.29, 1.82) is 0 Å². The monoisotopic (exact) mass is 281 g/mol. The van der Waals surface area contributed by atoms with E-state index in [0.29, 0.717) is 11.4 Å². The van der Waals surface area contributed by atoms with Gasteiger partial charge in [-0.05, 0) is 13.8 Å². The molecule has 104 valence electrons. The number of rotatable bonds is 7. The van der Waals surface area contributed by atoms with Crippen LogP contribution in [0.15, 0.2) is 0 Å². The predicted molar refractivity (Wildman–Crippen MR) is 56.8 cm³/mol. The first-order valence-electron chi connectivity index (χ1n) is 5.01. The van der Waals surface area contributed by atoms with E-state index in [9.17, 15) is 0 Å². The van der Waals surface area contributed by atoms with Gasteiger partial charge >= 0.3 is 0 Å². The third-order valence-electron chi connectivity index (χ3n) is 2.05. The van der Waals surface area contributed by atoms with Gasteiger partial charge in [-0.3, -0.25) is 25.7 Å². The van der Waals surface area contributed by atoms with E-state index in [1.165, 1.54) is 11.3 Å². The highest BCUT2D eigenvalue weighted by molar-refractivity contribution is 7.11. The van der Waals surface area contributed by atoms with Gasteiger partial charge < -0.3 is 0 Å². The van der Waals surface area contributed by atoms with Crippen LogP contribution in [-0.4, -0.2) is 43.2 Å². The lowest BCUT2D eigenvalue weighted by molar-refractivity contribution is -0.505. The average Bonchev–Trinajstić information content (AvgIpc) is 2.59. The molecule has 1 aromatic rings. The first-order chi connectivity index (χ1) is 8.40. The normalized spacial score (nSPS) is 13.6. The molecule has 0 aromatic carbocycles. The molecule has 0 aliphatic heterocycles. The highest BCUT2D eigenvalue weighted by atomic mass is 32.1. The molecule has 0 amide bonds. The van der Waals surface area contributed by atoms with Gasteiger partial charge in [0.25, 0.3) is 0 Å². The molecule has 0 unspecified atom stereocenters. The highest BCUT2D eigenvalue weighted by Gasteiger charge is 2.16. The molecule has 0 bridgehead atoms. The van der Waals surface area contributed by atoms with Crippen LogP contribution >= 0.6 is 11.3 Å². The fourth-order valence-corrected chi connectivity index (χ4v) is 2.29. The van der Waals surface area contributed by atoms with Gasteiger partial charge in [0.15, 0.2) is 0 Å². The van der Waals surface area contributed by atoms with Crippen LogP contribution in [0.4, 0.5) is 0 Å².